The number of carbonyl (C=O) groups excluding carboxylic acids is 1. The van der Waals surface area contributed by atoms with E-state index in [9.17, 15) is 20.0 Å². The van der Waals surface area contributed by atoms with E-state index in [1.807, 2.05) is 6.19 Å². The first-order chi connectivity index (χ1) is 16.2. The smallest absolute Gasteiger partial charge is 0.309 e. The van der Waals surface area contributed by atoms with Crippen LogP contribution in [-0.2, 0) is 4.79 Å². The fourth-order valence-electron chi connectivity index (χ4n) is 7.25. The van der Waals surface area contributed by atoms with Crippen LogP contribution >= 0.6 is 0 Å². The van der Waals surface area contributed by atoms with Crippen molar-refractivity contribution in [2.24, 2.45) is 28.2 Å². The Balaban J connectivity index is 1.27. The number of furan rings is 1. The first-order valence-corrected chi connectivity index (χ1v) is 12.3. The van der Waals surface area contributed by atoms with Crippen LogP contribution < -0.4 is 5.32 Å². The van der Waals surface area contributed by atoms with Crippen molar-refractivity contribution in [1.82, 2.24) is 15.1 Å². The van der Waals surface area contributed by atoms with Crippen molar-refractivity contribution in [3.63, 3.8) is 0 Å². The van der Waals surface area contributed by atoms with Gasteiger partial charge < -0.3 is 19.7 Å². The summed E-state index contributed by atoms with van der Waals surface area (Å²) in [5.41, 5.74) is -1.08. The third kappa shape index (κ3) is 3.78. The van der Waals surface area contributed by atoms with Gasteiger partial charge >= 0.3 is 5.97 Å². The minimum Gasteiger partial charge on any atom is -0.481 e. The molecule has 0 aromatic carbocycles. The zero-order valence-electron chi connectivity index (χ0n) is 19.9. The third-order valence-electron chi connectivity index (χ3n) is 8.86. The monoisotopic (exact) mass is 467 g/mol. The third-order valence-corrected chi connectivity index (χ3v) is 8.86. The molecule has 182 valence electrons. The van der Waals surface area contributed by atoms with Crippen LogP contribution in [0.2, 0.25) is 0 Å². The molecule has 1 aromatic heterocycles. The van der Waals surface area contributed by atoms with Gasteiger partial charge in [-0.25, -0.2) is 0 Å². The second-order valence-electron chi connectivity index (χ2n) is 11.1. The number of carboxylic acids is 1. The number of hydrogen-bond donors (Lipinski definition) is 2. The number of carboxylic acid groups (broad SMARTS) is 1. The SMILES string of the molecule is CC(C)(/C(=N\C#N)NC1C2CC3CC1CC(C(=O)O)(C3)C2)N1CCN(C(=O)c2ccco2)CC1. The zero-order chi connectivity index (χ0) is 24.1. The van der Waals surface area contributed by atoms with Crippen LogP contribution in [0.15, 0.2) is 27.8 Å². The predicted octanol–water partition coefficient (Wildman–Crippen LogP) is 2.56. The Bertz CT molecular complexity index is 1000. The number of hydrogen-bond acceptors (Lipinski definition) is 6. The van der Waals surface area contributed by atoms with Gasteiger partial charge in [0, 0.05) is 32.2 Å². The van der Waals surface area contributed by atoms with Gasteiger partial charge in [0.25, 0.3) is 5.91 Å². The average molecular weight is 468 g/mol. The fourth-order valence-corrected chi connectivity index (χ4v) is 7.25. The molecule has 2 unspecified atom stereocenters. The van der Waals surface area contributed by atoms with E-state index in [0.717, 1.165) is 19.3 Å². The lowest BCUT2D eigenvalue weighted by atomic mass is 9.48. The van der Waals surface area contributed by atoms with E-state index < -0.39 is 16.9 Å². The molecule has 2 atom stereocenters. The summed E-state index contributed by atoms with van der Waals surface area (Å²) in [5, 5.41) is 23.0. The number of rotatable bonds is 5. The van der Waals surface area contributed by atoms with Crippen LogP contribution in [0.4, 0.5) is 0 Å². The minimum atomic E-state index is -0.640. The molecule has 34 heavy (non-hydrogen) atoms. The van der Waals surface area contributed by atoms with E-state index >= 15 is 0 Å². The number of aliphatic imine (C=N–C) groups is 1. The molecule has 5 aliphatic rings. The molecule has 6 rings (SSSR count). The Kier molecular flexibility index (Phi) is 5.67. The van der Waals surface area contributed by atoms with Crippen molar-refractivity contribution in [1.29, 1.82) is 5.26 Å². The van der Waals surface area contributed by atoms with E-state index in [2.05, 4.69) is 29.1 Å². The molecule has 2 N–H and O–H groups in total. The Labute approximate surface area is 199 Å². The Morgan fingerprint density at radius 3 is 2.44 bits per heavy atom. The maximum absolute atomic E-state index is 12.6. The van der Waals surface area contributed by atoms with E-state index in [1.165, 1.54) is 6.26 Å². The van der Waals surface area contributed by atoms with E-state index in [4.69, 9.17) is 4.42 Å². The molecule has 9 heteroatoms. The number of amides is 1. The summed E-state index contributed by atoms with van der Waals surface area (Å²) in [6, 6.07) is 3.54. The first kappa shape index (κ1) is 22.9. The number of nitrogens with one attached hydrogen (secondary N) is 1. The fraction of sp³-hybridized carbons (Fsp3) is 0.680. The Hall–Kier alpha value is -2.86. The maximum Gasteiger partial charge on any atom is 0.309 e. The topological polar surface area (TPSA) is 122 Å². The Morgan fingerprint density at radius 1 is 1.21 bits per heavy atom. The largest absolute Gasteiger partial charge is 0.481 e. The lowest BCUT2D eigenvalue weighted by Gasteiger charge is -2.59. The maximum atomic E-state index is 12.6. The number of nitriles is 1. The van der Waals surface area contributed by atoms with Crippen LogP contribution in [0.1, 0.15) is 56.5 Å². The molecule has 4 aliphatic carbocycles. The summed E-state index contributed by atoms with van der Waals surface area (Å²) >= 11 is 0. The lowest BCUT2D eigenvalue weighted by molar-refractivity contribution is -0.166. The molecule has 0 radical (unpaired) electrons. The van der Waals surface area contributed by atoms with Crippen LogP contribution in [0.5, 0.6) is 0 Å². The highest BCUT2D eigenvalue weighted by atomic mass is 16.4. The standard InChI is InChI=1S/C25H33N5O4/c1-24(2,30-7-5-29(6-8-30)21(31)19-4-3-9-34-19)22(27-15-26)28-20-17-10-16-11-18(20)14-25(12-16,13-17)23(32)33/h3-4,9,16-18,20H,5-8,10-14H2,1-2H3,(H,27,28)(H,32,33). The van der Waals surface area contributed by atoms with E-state index in [1.54, 1.807) is 17.0 Å². The van der Waals surface area contributed by atoms with Gasteiger partial charge in [-0.3, -0.25) is 14.5 Å². The van der Waals surface area contributed by atoms with E-state index in [-0.39, 0.29) is 11.9 Å². The van der Waals surface area contributed by atoms with Gasteiger partial charge in [0.2, 0.25) is 6.19 Å². The van der Waals surface area contributed by atoms with Crippen molar-refractivity contribution in [2.45, 2.75) is 57.5 Å². The molecular formula is C25H33N5O4. The van der Waals surface area contributed by atoms with Crippen molar-refractivity contribution in [2.75, 3.05) is 26.2 Å². The van der Waals surface area contributed by atoms with E-state index in [0.29, 0.717) is 68.4 Å². The van der Waals surface area contributed by atoms with Crippen molar-refractivity contribution in [3.8, 4) is 6.19 Å². The minimum absolute atomic E-state index is 0.104. The normalized spacial score (nSPS) is 33.6. The van der Waals surface area contributed by atoms with Gasteiger partial charge in [0.05, 0.1) is 17.2 Å². The second kappa shape index (κ2) is 8.42. The van der Waals surface area contributed by atoms with Gasteiger partial charge in [0.1, 0.15) is 5.84 Å². The summed E-state index contributed by atoms with van der Waals surface area (Å²) in [4.78, 5) is 33.0. The summed E-state index contributed by atoms with van der Waals surface area (Å²) in [6.07, 6.45) is 7.83. The van der Waals surface area contributed by atoms with Gasteiger partial charge in [-0.05, 0) is 75.8 Å². The predicted molar refractivity (Wildman–Crippen MR) is 124 cm³/mol. The van der Waals surface area contributed by atoms with Crippen LogP contribution in [0.25, 0.3) is 0 Å². The molecule has 1 saturated heterocycles. The number of nitrogens with zero attached hydrogens (tertiary/aromatic N) is 4. The van der Waals surface area contributed by atoms with Gasteiger partial charge in [0.15, 0.2) is 5.76 Å². The highest BCUT2D eigenvalue weighted by molar-refractivity contribution is 5.92. The highest BCUT2D eigenvalue weighted by Gasteiger charge is 2.59. The first-order valence-electron chi connectivity index (χ1n) is 12.3. The van der Waals surface area contributed by atoms with Crippen LogP contribution in [-0.4, -0.2) is 70.4 Å². The average Bonchev–Trinajstić information content (AvgIpc) is 3.35. The number of piperazine rings is 1. The van der Waals surface area contributed by atoms with Crippen molar-refractivity contribution >= 4 is 17.7 Å². The number of amidine groups is 1. The summed E-state index contributed by atoms with van der Waals surface area (Å²) in [7, 11) is 0. The van der Waals surface area contributed by atoms with Gasteiger partial charge in [-0.2, -0.15) is 10.3 Å². The molecule has 1 amide bonds. The Morgan fingerprint density at radius 2 is 1.88 bits per heavy atom. The number of aliphatic carboxylic acids is 1. The summed E-state index contributed by atoms with van der Waals surface area (Å²) in [5.74, 6) is 1.33. The quantitative estimate of drug-likeness (QED) is 0.388. The zero-order valence-corrected chi connectivity index (χ0v) is 19.9. The summed E-state index contributed by atoms with van der Waals surface area (Å²) < 4.78 is 5.26. The molecule has 1 aromatic rings. The number of carbonyl (C=O) groups is 2. The molecular weight excluding hydrogens is 434 g/mol. The van der Waals surface area contributed by atoms with Gasteiger partial charge in [-0.1, -0.05) is 0 Å². The lowest BCUT2D eigenvalue weighted by Crippen LogP contribution is -2.66. The molecule has 5 fully saturated rings. The molecule has 1 aliphatic heterocycles. The summed E-state index contributed by atoms with van der Waals surface area (Å²) in [6.45, 7) is 6.59. The second-order valence-corrected chi connectivity index (χ2v) is 11.1. The van der Waals surface area contributed by atoms with Crippen molar-refractivity contribution < 1.29 is 19.1 Å². The van der Waals surface area contributed by atoms with Crippen LogP contribution in [0, 0.1) is 34.6 Å². The molecule has 9 nitrogen and oxygen atoms in total. The molecule has 4 bridgehead atoms. The van der Waals surface area contributed by atoms with Crippen molar-refractivity contribution in [3.05, 3.63) is 24.2 Å². The molecule has 0 spiro atoms. The molecule has 4 saturated carbocycles. The highest BCUT2D eigenvalue weighted by Crippen LogP contribution is 2.60. The van der Waals surface area contributed by atoms with Crippen LogP contribution in [0.3, 0.4) is 0 Å². The molecule has 2 heterocycles. The van der Waals surface area contributed by atoms with Gasteiger partial charge in [-0.15, -0.1) is 0 Å².